The van der Waals surface area contributed by atoms with Crippen molar-refractivity contribution in [1.82, 2.24) is 4.98 Å². The summed E-state index contributed by atoms with van der Waals surface area (Å²) in [6.07, 6.45) is -4.94. The molecule has 0 saturated carbocycles. The first kappa shape index (κ1) is 21.1. The molecular formula is C15H12F3N3O6S. The van der Waals surface area contributed by atoms with Crippen LogP contribution in [-0.4, -0.2) is 35.5 Å². The molecule has 9 nitrogen and oxygen atoms in total. The van der Waals surface area contributed by atoms with Gasteiger partial charge in [0.1, 0.15) is 4.88 Å². The van der Waals surface area contributed by atoms with Crippen molar-refractivity contribution in [3.05, 3.63) is 44.4 Å². The molecule has 0 unspecified atom stereocenters. The quantitative estimate of drug-likeness (QED) is 0.432. The van der Waals surface area contributed by atoms with Gasteiger partial charge in [-0.3, -0.25) is 20.2 Å². The topological polar surface area (TPSA) is 121 Å². The fourth-order valence-corrected chi connectivity index (χ4v) is 2.92. The number of nitro groups is 1. The number of amides is 1. The van der Waals surface area contributed by atoms with Crippen LogP contribution in [0.25, 0.3) is 0 Å². The molecule has 2 rings (SSSR count). The lowest BCUT2D eigenvalue weighted by atomic mass is 10.2. The van der Waals surface area contributed by atoms with Gasteiger partial charge in [-0.25, -0.2) is 9.78 Å². The monoisotopic (exact) mass is 419 g/mol. The maximum Gasteiger partial charge on any atom is 0.435 e. The second-order valence-corrected chi connectivity index (χ2v) is 6.01. The summed E-state index contributed by atoms with van der Waals surface area (Å²) in [5.74, 6) is -2.28. The number of nitrogens with one attached hydrogen (secondary N) is 1. The Hall–Kier alpha value is -3.22. The number of ether oxygens (including phenoxy) is 2. The summed E-state index contributed by atoms with van der Waals surface area (Å²) in [5.41, 5.74) is -2.21. The highest BCUT2D eigenvalue weighted by molar-refractivity contribution is 7.17. The highest BCUT2D eigenvalue weighted by Gasteiger charge is 2.40. The van der Waals surface area contributed by atoms with Crippen LogP contribution in [0.15, 0.2) is 18.2 Å². The number of halogens is 3. The van der Waals surface area contributed by atoms with Crippen molar-refractivity contribution in [2.75, 3.05) is 19.0 Å². The minimum absolute atomic E-state index is 0.0975. The first-order valence-electron chi connectivity index (χ1n) is 7.47. The van der Waals surface area contributed by atoms with Gasteiger partial charge in [0.15, 0.2) is 16.6 Å². The average molecular weight is 419 g/mol. The highest BCUT2D eigenvalue weighted by Crippen LogP contribution is 2.37. The van der Waals surface area contributed by atoms with Crippen molar-refractivity contribution < 1.29 is 37.2 Å². The van der Waals surface area contributed by atoms with Gasteiger partial charge in [-0.1, -0.05) is 11.3 Å². The summed E-state index contributed by atoms with van der Waals surface area (Å²) in [6.45, 7) is 1.27. The lowest BCUT2D eigenvalue weighted by molar-refractivity contribution is -0.385. The molecule has 1 aromatic carbocycles. The van der Waals surface area contributed by atoms with Crippen LogP contribution < -0.4 is 10.1 Å². The SMILES string of the molecule is CCOC(=O)c1sc(NC(=O)c2ccc(OC)c([N+](=O)[O-])c2)nc1C(F)(F)F. The predicted octanol–water partition coefficient (Wildman–Crippen LogP) is 3.51. The van der Waals surface area contributed by atoms with Crippen molar-refractivity contribution in [3.8, 4) is 5.75 Å². The average Bonchev–Trinajstić information content (AvgIpc) is 3.05. The van der Waals surface area contributed by atoms with E-state index in [1.807, 2.05) is 0 Å². The number of hydrogen-bond donors (Lipinski definition) is 1. The molecule has 2 aromatic rings. The van der Waals surface area contributed by atoms with Crippen molar-refractivity contribution >= 4 is 34.0 Å². The van der Waals surface area contributed by atoms with Crippen molar-refractivity contribution in [2.45, 2.75) is 13.1 Å². The van der Waals surface area contributed by atoms with Gasteiger partial charge in [-0.2, -0.15) is 13.2 Å². The first-order chi connectivity index (χ1) is 13.1. The van der Waals surface area contributed by atoms with E-state index in [1.165, 1.54) is 26.2 Å². The second-order valence-electron chi connectivity index (χ2n) is 5.01. The number of anilines is 1. The van der Waals surface area contributed by atoms with E-state index in [9.17, 15) is 32.9 Å². The van der Waals surface area contributed by atoms with Crippen LogP contribution in [0.2, 0.25) is 0 Å². The highest BCUT2D eigenvalue weighted by atomic mass is 32.1. The molecule has 28 heavy (non-hydrogen) atoms. The smallest absolute Gasteiger partial charge is 0.435 e. The minimum Gasteiger partial charge on any atom is -0.490 e. The molecule has 0 atom stereocenters. The van der Waals surface area contributed by atoms with Crippen LogP contribution in [0.4, 0.5) is 24.0 Å². The zero-order valence-corrected chi connectivity index (χ0v) is 15.1. The van der Waals surface area contributed by atoms with Gasteiger partial charge >= 0.3 is 17.8 Å². The molecule has 0 saturated heterocycles. The van der Waals surface area contributed by atoms with E-state index >= 15 is 0 Å². The number of carbonyl (C=O) groups excluding carboxylic acids is 2. The van der Waals surface area contributed by atoms with E-state index in [4.69, 9.17) is 4.74 Å². The van der Waals surface area contributed by atoms with Crippen LogP contribution in [0.1, 0.15) is 32.6 Å². The Kier molecular flexibility index (Phi) is 6.18. The van der Waals surface area contributed by atoms with E-state index in [0.717, 1.165) is 6.07 Å². The van der Waals surface area contributed by atoms with Crippen LogP contribution in [0.5, 0.6) is 5.75 Å². The third-order valence-electron chi connectivity index (χ3n) is 3.21. The first-order valence-corrected chi connectivity index (χ1v) is 8.29. The number of nitro benzene ring substituents is 1. The van der Waals surface area contributed by atoms with Gasteiger partial charge in [0.05, 0.1) is 18.6 Å². The molecule has 1 amide bonds. The minimum atomic E-state index is -4.94. The van der Waals surface area contributed by atoms with Crippen LogP contribution in [0.3, 0.4) is 0 Å². The van der Waals surface area contributed by atoms with Crippen molar-refractivity contribution in [3.63, 3.8) is 0 Å². The number of rotatable bonds is 6. The summed E-state index contributed by atoms with van der Waals surface area (Å²) in [4.78, 5) is 36.6. The maximum absolute atomic E-state index is 13.1. The zero-order valence-electron chi connectivity index (χ0n) is 14.3. The largest absolute Gasteiger partial charge is 0.490 e. The summed E-state index contributed by atoms with van der Waals surface area (Å²) in [7, 11) is 1.20. The van der Waals surface area contributed by atoms with Gasteiger partial charge in [-0.15, -0.1) is 0 Å². The molecule has 150 valence electrons. The standard InChI is InChI=1S/C15H12F3N3O6S/c1-3-27-13(23)10-11(15(16,17)18)19-14(28-10)20-12(22)7-4-5-9(26-2)8(6-7)21(24)25/h4-6H,3H2,1-2H3,(H,19,20,22). The number of methoxy groups -OCH3 is 1. The number of carbonyl (C=O) groups is 2. The maximum atomic E-state index is 13.1. The number of nitrogens with zero attached hydrogens (tertiary/aromatic N) is 2. The fourth-order valence-electron chi connectivity index (χ4n) is 2.04. The molecule has 0 bridgehead atoms. The van der Waals surface area contributed by atoms with Crippen molar-refractivity contribution in [1.29, 1.82) is 0 Å². The number of aromatic nitrogens is 1. The molecule has 1 heterocycles. The summed E-state index contributed by atoms with van der Waals surface area (Å²) in [6, 6.07) is 3.25. The molecule has 1 aromatic heterocycles. The molecule has 0 radical (unpaired) electrons. The molecule has 0 aliphatic carbocycles. The molecule has 0 fully saturated rings. The fraction of sp³-hybridized carbons (Fsp3) is 0.267. The van der Waals surface area contributed by atoms with Gasteiger partial charge in [-0.05, 0) is 19.1 Å². The Morgan fingerprint density at radius 1 is 1.36 bits per heavy atom. The molecule has 1 N–H and O–H groups in total. The molecule has 0 aliphatic heterocycles. The van der Waals surface area contributed by atoms with Gasteiger partial charge in [0.2, 0.25) is 0 Å². The summed E-state index contributed by atoms with van der Waals surface area (Å²) >= 11 is 0.279. The van der Waals surface area contributed by atoms with Crippen LogP contribution >= 0.6 is 11.3 Å². The second kappa shape index (κ2) is 8.21. The Labute approximate surface area is 159 Å². The van der Waals surface area contributed by atoms with E-state index in [0.29, 0.717) is 0 Å². The van der Waals surface area contributed by atoms with Gasteiger partial charge in [0.25, 0.3) is 5.91 Å². The number of benzene rings is 1. The van der Waals surface area contributed by atoms with Gasteiger partial charge in [0, 0.05) is 11.6 Å². The number of alkyl halides is 3. The lowest BCUT2D eigenvalue weighted by Crippen LogP contribution is -2.14. The Morgan fingerprint density at radius 2 is 2.04 bits per heavy atom. The Balaban J connectivity index is 2.35. The third kappa shape index (κ3) is 4.54. The van der Waals surface area contributed by atoms with Gasteiger partial charge < -0.3 is 9.47 Å². The van der Waals surface area contributed by atoms with E-state index in [-0.39, 0.29) is 29.3 Å². The van der Waals surface area contributed by atoms with E-state index in [1.54, 1.807) is 0 Å². The van der Waals surface area contributed by atoms with E-state index < -0.39 is 44.4 Å². The zero-order chi connectivity index (χ0) is 21.1. The lowest BCUT2D eigenvalue weighted by Gasteiger charge is -2.05. The molecular weight excluding hydrogens is 407 g/mol. The van der Waals surface area contributed by atoms with Crippen LogP contribution in [-0.2, 0) is 10.9 Å². The summed E-state index contributed by atoms with van der Waals surface area (Å²) in [5, 5.41) is 12.6. The van der Waals surface area contributed by atoms with Crippen molar-refractivity contribution in [2.24, 2.45) is 0 Å². The summed E-state index contributed by atoms with van der Waals surface area (Å²) < 4.78 is 48.6. The molecule has 13 heteroatoms. The number of thiazole rings is 1. The molecule has 0 aliphatic rings. The normalized spacial score (nSPS) is 11.0. The van der Waals surface area contributed by atoms with E-state index in [2.05, 4.69) is 15.0 Å². The Bertz CT molecular complexity index is 928. The Morgan fingerprint density at radius 3 is 2.57 bits per heavy atom. The molecule has 0 spiro atoms. The number of hydrogen-bond acceptors (Lipinski definition) is 8. The third-order valence-corrected chi connectivity index (χ3v) is 4.17. The number of esters is 1. The van der Waals surface area contributed by atoms with Crippen LogP contribution in [0, 0.1) is 10.1 Å². The predicted molar refractivity (Wildman–Crippen MR) is 90.7 cm³/mol.